The molecule has 0 aliphatic carbocycles. The van der Waals surface area contributed by atoms with Crippen LogP contribution in [0, 0.1) is 5.41 Å². The maximum absolute atomic E-state index is 13.1. The van der Waals surface area contributed by atoms with Crippen LogP contribution in [0.5, 0.6) is 0 Å². The summed E-state index contributed by atoms with van der Waals surface area (Å²) < 4.78 is 0. The predicted octanol–water partition coefficient (Wildman–Crippen LogP) is 11.9. The molecule has 0 rings (SSSR count). The zero-order chi connectivity index (χ0) is 33.1. The number of allylic oxidation sites excluding steroid dienone is 4. The van der Waals surface area contributed by atoms with Crippen LogP contribution in [0.1, 0.15) is 206 Å². The summed E-state index contributed by atoms with van der Waals surface area (Å²) in [5.74, 6) is 0.423. The molecule has 0 aliphatic rings. The third-order valence-electron chi connectivity index (χ3n) is 9.64. The van der Waals surface area contributed by atoms with Crippen molar-refractivity contribution >= 4 is 11.6 Å². The van der Waals surface area contributed by atoms with Gasteiger partial charge in [0.05, 0.1) is 5.41 Å². The summed E-state index contributed by atoms with van der Waals surface area (Å²) in [5.41, 5.74) is 11.4. The monoisotopic (exact) mass is 631 g/mol. The van der Waals surface area contributed by atoms with Gasteiger partial charge in [0, 0.05) is 32.4 Å². The topological polar surface area (TPSA) is 86.2 Å². The molecule has 0 radical (unpaired) electrons. The minimum Gasteiger partial charge on any atom is -0.329 e. The lowest BCUT2D eigenvalue weighted by Gasteiger charge is -2.29. The van der Waals surface area contributed by atoms with E-state index in [1.54, 1.807) is 0 Å². The second-order valence-corrected chi connectivity index (χ2v) is 13.8. The van der Waals surface area contributed by atoms with Crippen LogP contribution >= 0.6 is 0 Å². The van der Waals surface area contributed by atoms with E-state index >= 15 is 0 Å². The molecule has 0 bridgehead atoms. The summed E-state index contributed by atoms with van der Waals surface area (Å²) in [4.78, 5) is 25.7. The number of nitrogens with two attached hydrogens (primary N) is 2. The molecule has 0 amide bonds. The Kier molecular flexibility index (Phi) is 33.1. The Morgan fingerprint density at radius 3 is 1.16 bits per heavy atom. The van der Waals surface area contributed by atoms with Gasteiger partial charge < -0.3 is 11.5 Å². The highest BCUT2D eigenvalue weighted by atomic mass is 16.1. The summed E-state index contributed by atoms with van der Waals surface area (Å²) in [5, 5.41) is 0. The minimum absolute atomic E-state index is 0.166. The molecule has 0 heterocycles. The van der Waals surface area contributed by atoms with Gasteiger partial charge in [-0.2, -0.15) is 0 Å². The summed E-state index contributed by atoms with van der Waals surface area (Å²) in [6.07, 6.45) is 44.0. The number of ketones is 2. The van der Waals surface area contributed by atoms with Crippen molar-refractivity contribution < 1.29 is 9.59 Å². The van der Waals surface area contributed by atoms with Gasteiger partial charge in [0.25, 0.3) is 0 Å². The molecule has 0 aliphatic heterocycles. The van der Waals surface area contributed by atoms with Gasteiger partial charge in [-0.15, -0.1) is 0 Å². The smallest absolute Gasteiger partial charge is 0.141 e. The Labute approximate surface area is 281 Å². The van der Waals surface area contributed by atoms with Crippen molar-refractivity contribution in [3.8, 4) is 0 Å². The zero-order valence-electron chi connectivity index (χ0n) is 30.4. The molecule has 0 saturated heterocycles. The highest BCUT2D eigenvalue weighted by Gasteiger charge is 2.35. The molecule has 0 fully saturated rings. The number of carbonyl (C=O) groups is 2. The van der Waals surface area contributed by atoms with Gasteiger partial charge in [-0.05, 0) is 70.6 Å². The first-order valence-electron chi connectivity index (χ1n) is 19.8. The van der Waals surface area contributed by atoms with E-state index in [1.807, 2.05) is 0 Å². The van der Waals surface area contributed by atoms with Crippen molar-refractivity contribution in [1.29, 1.82) is 0 Å². The fourth-order valence-corrected chi connectivity index (χ4v) is 6.17. The van der Waals surface area contributed by atoms with Crippen LogP contribution in [-0.4, -0.2) is 24.7 Å². The average Bonchev–Trinajstić information content (AvgIpc) is 3.05. The van der Waals surface area contributed by atoms with Crippen LogP contribution < -0.4 is 11.5 Å². The predicted molar refractivity (Wildman–Crippen MR) is 199 cm³/mol. The maximum atomic E-state index is 13.1. The lowest BCUT2D eigenvalue weighted by molar-refractivity contribution is -0.129. The summed E-state index contributed by atoms with van der Waals surface area (Å²) in [7, 11) is 0. The first kappa shape index (κ1) is 43.7. The van der Waals surface area contributed by atoms with Crippen molar-refractivity contribution in [2.24, 2.45) is 16.9 Å². The molecular weight excluding hydrogens is 552 g/mol. The van der Waals surface area contributed by atoms with E-state index < -0.39 is 5.41 Å². The number of unbranched alkanes of at least 4 members (excludes halogenated alkanes) is 22. The number of carbonyl (C=O) groups excluding carboxylic acids is 2. The van der Waals surface area contributed by atoms with E-state index in [4.69, 9.17) is 11.5 Å². The first-order valence-corrected chi connectivity index (χ1v) is 19.8. The van der Waals surface area contributed by atoms with Crippen LogP contribution in [0.25, 0.3) is 0 Å². The van der Waals surface area contributed by atoms with Gasteiger partial charge in [-0.25, -0.2) is 0 Å². The Bertz CT molecular complexity index is 710. The molecule has 0 unspecified atom stereocenters. The summed E-state index contributed by atoms with van der Waals surface area (Å²) >= 11 is 0. The highest BCUT2D eigenvalue weighted by molar-refractivity contribution is 5.86. The Hall–Kier alpha value is -1.26. The molecule has 0 aromatic carbocycles. The Balaban J connectivity index is 3.85. The standard InChI is InChI=1S/C41H78N2O2/c1-3-5-7-9-11-13-15-17-19-21-23-25-27-29-31-33-39(44)35-36-41(37-42,38-43)40(45)34-32-30-28-26-24-22-20-18-16-14-12-10-8-6-4-2/h17-20H,3-16,21-38,42-43H2,1-2H3/b19-17-,20-18-. The van der Waals surface area contributed by atoms with Gasteiger partial charge in [0.15, 0.2) is 0 Å². The lowest BCUT2D eigenvalue weighted by Crippen LogP contribution is -2.45. The lowest BCUT2D eigenvalue weighted by atomic mass is 9.76. The van der Waals surface area contributed by atoms with Crippen LogP contribution in [0.2, 0.25) is 0 Å². The minimum atomic E-state index is -0.723. The Morgan fingerprint density at radius 1 is 0.444 bits per heavy atom. The van der Waals surface area contributed by atoms with Crippen LogP contribution in [-0.2, 0) is 9.59 Å². The molecule has 0 saturated carbocycles. The molecule has 4 N–H and O–H groups in total. The second-order valence-electron chi connectivity index (χ2n) is 13.8. The van der Waals surface area contributed by atoms with E-state index in [2.05, 4.69) is 38.2 Å². The van der Waals surface area contributed by atoms with Crippen LogP contribution in [0.4, 0.5) is 0 Å². The van der Waals surface area contributed by atoms with E-state index in [1.165, 1.54) is 141 Å². The molecule has 0 spiro atoms. The number of hydrogen-bond acceptors (Lipinski definition) is 4. The van der Waals surface area contributed by atoms with Gasteiger partial charge in [-0.3, -0.25) is 9.59 Å². The molecule has 45 heavy (non-hydrogen) atoms. The number of rotatable bonds is 36. The maximum Gasteiger partial charge on any atom is 0.141 e. The third kappa shape index (κ3) is 27.6. The van der Waals surface area contributed by atoms with Gasteiger partial charge >= 0.3 is 0 Å². The van der Waals surface area contributed by atoms with Crippen molar-refractivity contribution in [1.82, 2.24) is 0 Å². The normalized spacial score (nSPS) is 12.2. The van der Waals surface area contributed by atoms with Gasteiger partial charge in [0.2, 0.25) is 0 Å². The largest absolute Gasteiger partial charge is 0.329 e. The van der Waals surface area contributed by atoms with Crippen molar-refractivity contribution in [3.63, 3.8) is 0 Å². The molecule has 0 aromatic rings. The second kappa shape index (κ2) is 34.1. The number of Topliss-reactive ketones (excluding diaryl/α,β-unsaturated/α-hetero) is 2. The fraction of sp³-hybridized carbons (Fsp3) is 0.854. The van der Waals surface area contributed by atoms with E-state index in [-0.39, 0.29) is 24.7 Å². The van der Waals surface area contributed by atoms with E-state index in [0.717, 1.165) is 25.7 Å². The molecule has 0 aromatic heterocycles. The van der Waals surface area contributed by atoms with E-state index in [0.29, 0.717) is 25.7 Å². The number of hydrogen-bond donors (Lipinski definition) is 2. The SMILES string of the molecule is CCCCCCCC/C=C\CCCCCCCC(=O)CCC(CN)(CN)C(=O)CCCCCCC/C=C\CCCCCCCC. The highest BCUT2D eigenvalue weighted by Crippen LogP contribution is 2.27. The molecule has 0 atom stereocenters. The van der Waals surface area contributed by atoms with Gasteiger partial charge in [0.1, 0.15) is 11.6 Å². The van der Waals surface area contributed by atoms with Crippen molar-refractivity contribution in [3.05, 3.63) is 24.3 Å². The average molecular weight is 631 g/mol. The quantitative estimate of drug-likeness (QED) is 0.0532. The van der Waals surface area contributed by atoms with Crippen LogP contribution in [0.3, 0.4) is 0 Å². The summed E-state index contributed by atoms with van der Waals surface area (Å²) in [6, 6.07) is 0. The summed E-state index contributed by atoms with van der Waals surface area (Å²) in [6.45, 7) is 5.02. The van der Waals surface area contributed by atoms with E-state index in [9.17, 15) is 9.59 Å². The molecule has 4 heteroatoms. The Morgan fingerprint density at radius 2 is 0.778 bits per heavy atom. The third-order valence-corrected chi connectivity index (χ3v) is 9.64. The first-order chi connectivity index (χ1) is 22.1. The molecule has 264 valence electrons. The molecular formula is C41H78N2O2. The molecule has 4 nitrogen and oxygen atoms in total. The zero-order valence-corrected chi connectivity index (χ0v) is 30.4. The van der Waals surface area contributed by atoms with Crippen molar-refractivity contribution in [2.45, 2.75) is 206 Å². The fourth-order valence-electron chi connectivity index (χ4n) is 6.17. The van der Waals surface area contributed by atoms with Crippen molar-refractivity contribution in [2.75, 3.05) is 13.1 Å². The van der Waals surface area contributed by atoms with Gasteiger partial charge in [-0.1, -0.05) is 141 Å². The van der Waals surface area contributed by atoms with Crippen LogP contribution in [0.15, 0.2) is 24.3 Å².